The van der Waals surface area contributed by atoms with Crippen LogP contribution in [0.5, 0.6) is 17.2 Å². The summed E-state index contributed by atoms with van der Waals surface area (Å²) in [6.45, 7) is 6.60. The van der Waals surface area contributed by atoms with Crippen LogP contribution in [-0.4, -0.2) is 68.1 Å². The van der Waals surface area contributed by atoms with Crippen molar-refractivity contribution in [2.24, 2.45) is 0 Å². The maximum Gasteiger partial charge on any atom is 0.271 e. The van der Waals surface area contributed by atoms with E-state index in [-0.39, 0.29) is 24.5 Å². The first-order valence-corrected chi connectivity index (χ1v) is 10.9. The maximum atomic E-state index is 12.7. The molecule has 11 nitrogen and oxygen atoms in total. The zero-order chi connectivity index (χ0) is 24.7. The molecule has 0 spiro atoms. The molecule has 2 amide bonds. The molecule has 2 aromatic carbocycles. The van der Waals surface area contributed by atoms with Gasteiger partial charge in [-0.05, 0) is 31.3 Å². The Kier molecular flexibility index (Phi) is 8.25. The van der Waals surface area contributed by atoms with Crippen LogP contribution in [-0.2, 0) is 9.59 Å². The lowest BCUT2D eigenvalue weighted by Gasteiger charge is -2.28. The van der Waals surface area contributed by atoms with Gasteiger partial charge in [0.2, 0.25) is 5.91 Å². The SMILES string of the molecule is CCN(CC)CCOc1cc(NC(=O)CN2C(=O)COc3ccc([N+](=O)[O-])cc32)ccc1OC. The summed E-state index contributed by atoms with van der Waals surface area (Å²) in [6, 6.07) is 8.91. The third kappa shape index (κ3) is 5.93. The van der Waals surface area contributed by atoms with E-state index in [4.69, 9.17) is 14.2 Å². The largest absolute Gasteiger partial charge is 0.493 e. The third-order valence-electron chi connectivity index (χ3n) is 5.40. The average molecular weight is 472 g/mol. The first-order chi connectivity index (χ1) is 16.4. The summed E-state index contributed by atoms with van der Waals surface area (Å²) >= 11 is 0. The number of anilines is 2. The molecule has 2 aromatic rings. The summed E-state index contributed by atoms with van der Waals surface area (Å²) in [4.78, 5) is 39.1. The summed E-state index contributed by atoms with van der Waals surface area (Å²) in [7, 11) is 1.53. The third-order valence-corrected chi connectivity index (χ3v) is 5.40. The van der Waals surface area contributed by atoms with Gasteiger partial charge >= 0.3 is 0 Å². The second-order valence-electron chi connectivity index (χ2n) is 7.47. The standard InChI is InChI=1S/C23H28N4O7/c1-4-25(5-2)10-11-33-21-12-16(6-8-20(21)32-3)24-22(28)14-26-18-13-17(27(30)31)7-9-19(18)34-15-23(26)29/h6-9,12-13H,4-5,10-11,14-15H2,1-3H3,(H,24,28). The second-order valence-corrected chi connectivity index (χ2v) is 7.47. The van der Waals surface area contributed by atoms with E-state index in [1.54, 1.807) is 18.2 Å². The average Bonchev–Trinajstić information content (AvgIpc) is 2.83. The number of nitro groups is 1. The normalized spacial score (nSPS) is 12.7. The number of fused-ring (bicyclic) bond motifs is 1. The topological polar surface area (TPSA) is 123 Å². The van der Waals surface area contributed by atoms with Crippen LogP contribution in [0.25, 0.3) is 0 Å². The quantitative estimate of drug-likeness (QED) is 0.391. The Morgan fingerprint density at radius 3 is 2.65 bits per heavy atom. The molecule has 0 saturated carbocycles. The molecular formula is C23H28N4O7. The lowest BCUT2D eigenvalue weighted by Crippen LogP contribution is -2.43. The Hall–Kier alpha value is -3.86. The number of carbonyl (C=O) groups is 2. The number of amides is 2. The van der Waals surface area contributed by atoms with E-state index in [0.717, 1.165) is 19.6 Å². The van der Waals surface area contributed by atoms with Gasteiger partial charge in [-0.25, -0.2) is 0 Å². The minimum atomic E-state index is -0.573. The minimum absolute atomic E-state index is 0.177. The van der Waals surface area contributed by atoms with Crippen molar-refractivity contribution in [3.05, 3.63) is 46.5 Å². The van der Waals surface area contributed by atoms with Crippen molar-refractivity contribution in [1.82, 2.24) is 4.90 Å². The van der Waals surface area contributed by atoms with Crippen molar-refractivity contribution >= 4 is 28.9 Å². The van der Waals surface area contributed by atoms with Gasteiger partial charge in [0.1, 0.15) is 18.9 Å². The molecular weight excluding hydrogens is 444 g/mol. The van der Waals surface area contributed by atoms with Crippen LogP contribution in [0.3, 0.4) is 0 Å². The highest BCUT2D eigenvalue weighted by Gasteiger charge is 2.29. The number of hydrogen-bond acceptors (Lipinski definition) is 8. The van der Waals surface area contributed by atoms with Crippen LogP contribution < -0.4 is 24.4 Å². The molecule has 34 heavy (non-hydrogen) atoms. The van der Waals surface area contributed by atoms with Gasteiger partial charge in [-0.3, -0.25) is 24.6 Å². The van der Waals surface area contributed by atoms with Crippen molar-refractivity contribution in [2.45, 2.75) is 13.8 Å². The number of nitrogens with one attached hydrogen (secondary N) is 1. The number of nitro benzene ring substituents is 1. The molecule has 0 atom stereocenters. The molecule has 1 aliphatic heterocycles. The van der Waals surface area contributed by atoms with Gasteiger partial charge in [0.05, 0.1) is 17.7 Å². The molecule has 1 heterocycles. The van der Waals surface area contributed by atoms with E-state index >= 15 is 0 Å². The Bertz CT molecular complexity index is 1060. The molecule has 0 saturated heterocycles. The van der Waals surface area contributed by atoms with E-state index in [2.05, 4.69) is 24.1 Å². The van der Waals surface area contributed by atoms with Crippen LogP contribution in [0.4, 0.5) is 17.1 Å². The number of hydrogen-bond donors (Lipinski definition) is 1. The zero-order valence-corrected chi connectivity index (χ0v) is 19.4. The monoisotopic (exact) mass is 472 g/mol. The molecule has 1 aliphatic rings. The summed E-state index contributed by atoms with van der Waals surface area (Å²) < 4.78 is 16.6. The number of non-ortho nitro benzene ring substituents is 1. The number of carbonyl (C=O) groups excluding carboxylic acids is 2. The predicted molar refractivity (Wildman–Crippen MR) is 126 cm³/mol. The summed E-state index contributed by atoms with van der Waals surface area (Å²) in [5.74, 6) is 0.356. The Morgan fingerprint density at radius 2 is 1.97 bits per heavy atom. The van der Waals surface area contributed by atoms with Gasteiger partial charge in [0.15, 0.2) is 18.1 Å². The molecule has 0 aromatic heterocycles. The van der Waals surface area contributed by atoms with Crippen molar-refractivity contribution in [1.29, 1.82) is 0 Å². The fraction of sp³-hybridized carbons (Fsp3) is 0.391. The highest BCUT2D eigenvalue weighted by Crippen LogP contribution is 2.35. The maximum absolute atomic E-state index is 12.7. The number of methoxy groups -OCH3 is 1. The molecule has 1 N–H and O–H groups in total. The molecule has 0 unspecified atom stereocenters. The van der Waals surface area contributed by atoms with Crippen LogP contribution in [0, 0.1) is 10.1 Å². The first kappa shape index (κ1) is 24.8. The van der Waals surface area contributed by atoms with Gasteiger partial charge in [-0.2, -0.15) is 0 Å². The first-order valence-electron chi connectivity index (χ1n) is 10.9. The van der Waals surface area contributed by atoms with Crippen LogP contribution in [0.2, 0.25) is 0 Å². The summed E-state index contributed by atoms with van der Waals surface area (Å²) in [6.07, 6.45) is 0. The molecule has 0 fully saturated rings. The lowest BCUT2D eigenvalue weighted by atomic mass is 10.2. The molecule has 3 rings (SSSR count). The Morgan fingerprint density at radius 1 is 1.21 bits per heavy atom. The number of ether oxygens (including phenoxy) is 3. The highest BCUT2D eigenvalue weighted by atomic mass is 16.6. The van der Waals surface area contributed by atoms with Crippen LogP contribution >= 0.6 is 0 Å². The van der Waals surface area contributed by atoms with Crippen LogP contribution in [0.15, 0.2) is 36.4 Å². The van der Waals surface area contributed by atoms with Gasteiger partial charge in [0.25, 0.3) is 11.6 Å². The van der Waals surface area contributed by atoms with Gasteiger partial charge in [-0.15, -0.1) is 0 Å². The Balaban J connectivity index is 1.71. The van der Waals surface area contributed by atoms with E-state index < -0.39 is 16.7 Å². The second kappa shape index (κ2) is 11.3. The lowest BCUT2D eigenvalue weighted by molar-refractivity contribution is -0.384. The minimum Gasteiger partial charge on any atom is -0.493 e. The number of benzene rings is 2. The summed E-state index contributed by atoms with van der Waals surface area (Å²) in [5, 5.41) is 13.9. The summed E-state index contributed by atoms with van der Waals surface area (Å²) in [5.41, 5.74) is 0.434. The van der Waals surface area contributed by atoms with Crippen molar-refractivity contribution < 1.29 is 28.7 Å². The number of likely N-dealkylation sites (N-methyl/N-ethyl adjacent to an activating group) is 1. The van der Waals surface area contributed by atoms with Gasteiger partial charge in [0, 0.05) is 30.4 Å². The molecule has 0 bridgehead atoms. The highest BCUT2D eigenvalue weighted by molar-refractivity contribution is 6.05. The van der Waals surface area contributed by atoms with E-state index in [1.165, 1.54) is 30.2 Å². The molecule has 0 aliphatic carbocycles. The number of nitrogens with zero attached hydrogens (tertiary/aromatic N) is 3. The van der Waals surface area contributed by atoms with Crippen LogP contribution in [0.1, 0.15) is 13.8 Å². The van der Waals surface area contributed by atoms with Crippen molar-refractivity contribution in [3.8, 4) is 17.2 Å². The van der Waals surface area contributed by atoms with Gasteiger partial charge < -0.3 is 24.4 Å². The smallest absolute Gasteiger partial charge is 0.271 e. The molecule has 0 radical (unpaired) electrons. The van der Waals surface area contributed by atoms with E-state index in [9.17, 15) is 19.7 Å². The zero-order valence-electron chi connectivity index (χ0n) is 19.4. The van der Waals surface area contributed by atoms with E-state index in [0.29, 0.717) is 29.5 Å². The molecule has 11 heteroatoms. The fourth-order valence-corrected chi connectivity index (χ4v) is 3.51. The fourth-order valence-electron chi connectivity index (χ4n) is 3.51. The van der Waals surface area contributed by atoms with E-state index in [1.807, 2.05) is 0 Å². The van der Waals surface area contributed by atoms with Crippen molar-refractivity contribution in [2.75, 3.05) is 56.7 Å². The Labute approximate surface area is 197 Å². The molecule has 182 valence electrons. The predicted octanol–water partition coefficient (Wildman–Crippen LogP) is 2.69. The number of rotatable bonds is 11. The van der Waals surface area contributed by atoms with Gasteiger partial charge in [-0.1, -0.05) is 13.8 Å². The van der Waals surface area contributed by atoms with Crippen molar-refractivity contribution in [3.63, 3.8) is 0 Å².